The molecule has 4 N–H and O–H groups in total. The topological polar surface area (TPSA) is 84.6 Å². The Balaban J connectivity index is 3.48. The lowest BCUT2D eigenvalue weighted by molar-refractivity contribution is 0.0524. The second-order valence-electron chi connectivity index (χ2n) is 4.46. The minimum absolute atomic E-state index is 0.256. The van der Waals surface area contributed by atoms with E-state index < -0.39 is 17.8 Å². The minimum atomic E-state index is -0.481. The molecular formula is C10H22N2O3. The highest BCUT2D eigenvalue weighted by Crippen LogP contribution is 2.06. The minimum Gasteiger partial charge on any atom is -0.444 e. The summed E-state index contributed by atoms with van der Waals surface area (Å²) in [6.07, 6.45) is 0.374. The molecular weight excluding hydrogens is 196 g/mol. The van der Waals surface area contributed by atoms with Crippen molar-refractivity contribution in [2.24, 2.45) is 5.73 Å². The molecule has 0 aliphatic heterocycles. The zero-order valence-electron chi connectivity index (χ0n) is 9.75. The van der Waals surface area contributed by atoms with Crippen LogP contribution in [-0.2, 0) is 4.74 Å². The van der Waals surface area contributed by atoms with E-state index >= 15 is 0 Å². The molecule has 0 aromatic rings. The Labute approximate surface area is 91.0 Å². The van der Waals surface area contributed by atoms with Gasteiger partial charge in [0.15, 0.2) is 0 Å². The molecule has 0 spiro atoms. The highest BCUT2D eigenvalue weighted by atomic mass is 16.6. The Kier molecular flexibility index (Phi) is 6.27. The third-order valence-corrected chi connectivity index (χ3v) is 1.65. The van der Waals surface area contributed by atoms with Crippen molar-refractivity contribution in [3.63, 3.8) is 0 Å². The molecule has 0 fully saturated rings. The molecule has 0 aromatic carbocycles. The molecule has 0 saturated heterocycles. The number of alkyl carbamates (subject to hydrolysis) is 1. The number of hydrogen-bond acceptors (Lipinski definition) is 4. The Hall–Kier alpha value is -0.810. The number of aliphatic hydroxyl groups is 1. The first-order valence-corrected chi connectivity index (χ1v) is 5.20. The van der Waals surface area contributed by atoms with Crippen molar-refractivity contribution in [1.29, 1.82) is 0 Å². The number of ether oxygens (including phenoxy) is 1. The van der Waals surface area contributed by atoms with Crippen molar-refractivity contribution >= 4 is 6.09 Å². The van der Waals surface area contributed by atoms with E-state index in [0.29, 0.717) is 19.4 Å². The molecule has 5 heteroatoms. The van der Waals surface area contributed by atoms with Crippen molar-refractivity contribution in [3.8, 4) is 0 Å². The number of carbonyl (C=O) groups is 1. The first-order valence-electron chi connectivity index (χ1n) is 5.20. The lowest BCUT2D eigenvalue weighted by Crippen LogP contribution is -2.33. The number of hydrogen-bond donors (Lipinski definition) is 3. The molecule has 1 atom stereocenters. The van der Waals surface area contributed by atoms with Crippen LogP contribution in [0, 0.1) is 0 Å². The monoisotopic (exact) mass is 218 g/mol. The summed E-state index contributed by atoms with van der Waals surface area (Å²) in [4.78, 5) is 11.2. The quantitative estimate of drug-likeness (QED) is 0.590. The predicted molar refractivity (Wildman–Crippen MR) is 58.5 cm³/mol. The van der Waals surface area contributed by atoms with Crippen LogP contribution < -0.4 is 11.1 Å². The summed E-state index contributed by atoms with van der Waals surface area (Å²) in [5.74, 6) is 0. The number of rotatable bonds is 5. The number of aliphatic hydroxyl groups excluding tert-OH is 1. The van der Waals surface area contributed by atoms with Gasteiger partial charge in [0, 0.05) is 13.1 Å². The largest absolute Gasteiger partial charge is 0.444 e. The fourth-order valence-corrected chi connectivity index (χ4v) is 0.960. The van der Waals surface area contributed by atoms with Gasteiger partial charge in [0.2, 0.25) is 0 Å². The number of carbonyl (C=O) groups excluding carboxylic acids is 1. The molecule has 15 heavy (non-hydrogen) atoms. The van der Waals surface area contributed by atoms with Gasteiger partial charge in [0.05, 0.1) is 6.10 Å². The molecule has 0 aliphatic carbocycles. The molecule has 0 radical (unpaired) electrons. The second kappa shape index (κ2) is 6.63. The summed E-state index contributed by atoms with van der Waals surface area (Å²) < 4.78 is 5.03. The van der Waals surface area contributed by atoms with Crippen molar-refractivity contribution in [3.05, 3.63) is 0 Å². The van der Waals surface area contributed by atoms with E-state index in [9.17, 15) is 4.79 Å². The van der Waals surface area contributed by atoms with Crippen LogP contribution in [-0.4, -0.2) is 36.0 Å². The summed E-state index contributed by atoms with van der Waals surface area (Å²) in [7, 11) is 0. The molecule has 1 unspecified atom stereocenters. The van der Waals surface area contributed by atoms with E-state index in [2.05, 4.69) is 5.32 Å². The Bertz CT molecular complexity index is 190. The smallest absolute Gasteiger partial charge is 0.407 e. The van der Waals surface area contributed by atoms with Gasteiger partial charge in [0.1, 0.15) is 5.60 Å². The summed E-state index contributed by atoms with van der Waals surface area (Å²) in [5, 5.41) is 11.7. The van der Waals surface area contributed by atoms with Gasteiger partial charge < -0.3 is 20.9 Å². The molecule has 0 aliphatic rings. The first kappa shape index (κ1) is 14.2. The van der Waals surface area contributed by atoms with Crippen LogP contribution >= 0.6 is 0 Å². The molecule has 0 saturated carbocycles. The number of nitrogens with one attached hydrogen (secondary N) is 1. The third kappa shape index (κ3) is 9.49. The highest BCUT2D eigenvalue weighted by Gasteiger charge is 2.15. The third-order valence-electron chi connectivity index (χ3n) is 1.65. The van der Waals surface area contributed by atoms with Gasteiger partial charge in [0.25, 0.3) is 0 Å². The van der Waals surface area contributed by atoms with E-state index in [4.69, 9.17) is 15.6 Å². The Morgan fingerprint density at radius 3 is 2.60 bits per heavy atom. The van der Waals surface area contributed by atoms with Gasteiger partial charge in [-0.25, -0.2) is 4.79 Å². The Morgan fingerprint density at radius 1 is 1.53 bits per heavy atom. The van der Waals surface area contributed by atoms with Crippen molar-refractivity contribution in [2.45, 2.75) is 45.3 Å². The zero-order valence-corrected chi connectivity index (χ0v) is 9.75. The van der Waals surface area contributed by atoms with Gasteiger partial charge >= 0.3 is 6.09 Å². The van der Waals surface area contributed by atoms with Crippen LogP contribution in [0.15, 0.2) is 0 Å². The highest BCUT2D eigenvalue weighted by molar-refractivity contribution is 5.67. The fraction of sp³-hybridized carbons (Fsp3) is 0.900. The van der Waals surface area contributed by atoms with Gasteiger partial charge in [-0.05, 0) is 33.6 Å². The van der Waals surface area contributed by atoms with Gasteiger partial charge in [-0.15, -0.1) is 0 Å². The summed E-state index contributed by atoms with van der Waals surface area (Å²) in [5.41, 5.74) is 4.76. The SMILES string of the molecule is CC(C)(C)OC(=O)NCCCC(O)CN. The van der Waals surface area contributed by atoms with Gasteiger partial charge in [-0.2, -0.15) is 0 Å². The van der Waals surface area contributed by atoms with Gasteiger partial charge in [-0.1, -0.05) is 0 Å². The molecule has 0 heterocycles. The molecule has 0 rings (SSSR count). The van der Waals surface area contributed by atoms with E-state index in [0.717, 1.165) is 0 Å². The van der Waals surface area contributed by atoms with Crippen LogP contribution in [0.4, 0.5) is 4.79 Å². The van der Waals surface area contributed by atoms with E-state index in [1.807, 2.05) is 20.8 Å². The second-order valence-corrected chi connectivity index (χ2v) is 4.46. The van der Waals surface area contributed by atoms with Crippen LogP contribution in [0.1, 0.15) is 33.6 Å². The maximum absolute atomic E-state index is 11.2. The standard InChI is InChI=1S/C10H22N2O3/c1-10(2,3)15-9(14)12-6-4-5-8(13)7-11/h8,13H,4-7,11H2,1-3H3,(H,12,14). The fourth-order valence-electron chi connectivity index (χ4n) is 0.960. The van der Waals surface area contributed by atoms with E-state index in [-0.39, 0.29) is 6.54 Å². The van der Waals surface area contributed by atoms with Crippen molar-refractivity contribution in [2.75, 3.05) is 13.1 Å². The lowest BCUT2D eigenvalue weighted by atomic mass is 10.2. The summed E-state index contributed by atoms with van der Waals surface area (Å²) in [6, 6.07) is 0. The van der Waals surface area contributed by atoms with Gasteiger partial charge in [-0.3, -0.25) is 0 Å². The number of nitrogens with two attached hydrogens (primary N) is 1. The molecule has 1 amide bonds. The normalized spacial score (nSPS) is 13.4. The molecule has 0 aromatic heterocycles. The van der Waals surface area contributed by atoms with E-state index in [1.54, 1.807) is 0 Å². The van der Waals surface area contributed by atoms with Crippen LogP contribution in [0.3, 0.4) is 0 Å². The zero-order chi connectivity index (χ0) is 11.9. The maximum Gasteiger partial charge on any atom is 0.407 e. The maximum atomic E-state index is 11.2. The van der Waals surface area contributed by atoms with Crippen molar-refractivity contribution < 1.29 is 14.6 Å². The average Bonchev–Trinajstić information content (AvgIpc) is 2.09. The Morgan fingerprint density at radius 2 is 2.13 bits per heavy atom. The van der Waals surface area contributed by atoms with Crippen molar-refractivity contribution in [1.82, 2.24) is 5.32 Å². The average molecular weight is 218 g/mol. The summed E-state index contributed by atoms with van der Waals surface area (Å²) >= 11 is 0. The molecule has 0 bridgehead atoms. The number of amides is 1. The summed E-state index contributed by atoms with van der Waals surface area (Å²) in [6.45, 7) is 6.18. The molecule has 5 nitrogen and oxygen atoms in total. The van der Waals surface area contributed by atoms with Crippen LogP contribution in [0.5, 0.6) is 0 Å². The molecule has 90 valence electrons. The first-order chi connectivity index (χ1) is 6.85. The lowest BCUT2D eigenvalue weighted by Gasteiger charge is -2.19. The van der Waals surface area contributed by atoms with E-state index in [1.165, 1.54) is 0 Å². The predicted octanol–water partition coefficient (Wildman–Crippen LogP) is 0.611. The van der Waals surface area contributed by atoms with Crippen LogP contribution in [0.25, 0.3) is 0 Å². The van der Waals surface area contributed by atoms with Crippen LogP contribution in [0.2, 0.25) is 0 Å².